The molecule has 0 saturated carbocycles. The van der Waals surface area contributed by atoms with Gasteiger partial charge in [0.05, 0.1) is 17.8 Å². The number of nitrogens with one attached hydrogen (secondary N) is 1. The monoisotopic (exact) mass is 237 g/mol. The zero-order valence-electron chi connectivity index (χ0n) is 10.2. The standard InChI is InChI=1S/C15H15N3/c1-16-15(12-7-3-2-4-8-12)13-11-17-18-10-6-5-9-14(13)18/h2-11,15-16H,1H3. The van der Waals surface area contributed by atoms with Gasteiger partial charge in [-0.1, -0.05) is 36.4 Å². The average molecular weight is 237 g/mol. The zero-order chi connectivity index (χ0) is 12.4. The van der Waals surface area contributed by atoms with Gasteiger partial charge in [0.2, 0.25) is 0 Å². The predicted octanol–water partition coefficient (Wildman–Crippen LogP) is 2.64. The summed E-state index contributed by atoms with van der Waals surface area (Å²) in [5.41, 5.74) is 3.59. The SMILES string of the molecule is CNC(c1ccccc1)c1cnn2ccccc12. The summed E-state index contributed by atoms with van der Waals surface area (Å²) < 4.78 is 1.91. The van der Waals surface area contributed by atoms with Crippen LogP contribution in [0.5, 0.6) is 0 Å². The number of fused-ring (bicyclic) bond motifs is 1. The van der Waals surface area contributed by atoms with Crippen LogP contribution in [0.4, 0.5) is 0 Å². The van der Waals surface area contributed by atoms with E-state index < -0.39 is 0 Å². The van der Waals surface area contributed by atoms with Crippen molar-refractivity contribution in [3.8, 4) is 0 Å². The van der Waals surface area contributed by atoms with Gasteiger partial charge in [0, 0.05) is 11.8 Å². The third-order valence-electron chi connectivity index (χ3n) is 3.19. The molecule has 3 aromatic rings. The number of benzene rings is 1. The minimum atomic E-state index is 0.172. The van der Waals surface area contributed by atoms with Gasteiger partial charge in [-0.2, -0.15) is 5.10 Å². The van der Waals surface area contributed by atoms with Crippen LogP contribution < -0.4 is 5.32 Å². The zero-order valence-corrected chi connectivity index (χ0v) is 10.2. The van der Waals surface area contributed by atoms with Gasteiger partial charge < -0.3 is 5.32 Å². The molecule has 0 spiro atoms. The molecule has 0 bridgehead atoms. The fraction of sp³-hybridized carbons (Fsp3) is 0.133. The Morgan fingerprint density at radius 2 is 1.83 bits per heavy atom. The highest BCUT2D eigenvalue weighted by Gasteiger charge is 2.15. The fourth-order valence-corrected chi connectivity index (χ4v) is 2.32. The Bertz CT molecular complexity index is 643. The van der Waals surface area contributed by atoms with Crippen LogP contribution in [0.15, 0.2) is 60.9 Å². The van der Waals surface area contributed by atoms with E-state index in [2.05, 4.69) is 40.7 Å². The van der Waals surface area contributed by atoms with Crippen molar-refractivity contribution in [1.29, 1.82) is 0 Å². The molecule has 3 heteroatoms. The minimum Gasteiger partial charge on any atom is -0.309 e. The molecule has 1 N–H and O–H groups in total. The first-order valence-corrected chi connectivity index (χ1v) is 6.04. The molecule has 1 aromatic carbocycles. The minimum absolute atomic E-state index is 0.172. The van der Waals surface area contributed by atoms with E-state index in [4.69, 9.17) is 0 Å². The fourth-order valence-electron chi connectivity index (χ4n) is 2.32. The van der Waals surface area contributed by atoms with Gasteiger partial charge in [-0.3, -0.25) is 0 Å². The van der Waals surface area contributed by atoms with Crippen molar-refractivity contribution in [1.82, 2.24) is 14.9 Å². The first-order valence-electron chi connectivity index (χ1n) is 6.04. The summed E-state index contributed by atoms with van der Waals surface area (Å²) in [5.74, 6) is 0. The maximum atomic E-state index is 4.39. The maximum Gasteiger partial charge on any atom is 0.0712 e. The lowest BCUT2D eigenvalue weighted by molar-refractivity contribution is 0.696. The van der Waals surface area contributed by atoms with E-state index in [-0.39, 0.29) is 6.04 Å². The summed E-state index contributed by atoms with van der Waals surface area (Å²) in [6, 6.07) is 16.7. The van der Waals surface area contributed by atoms with Crippen LogP contribution in [0.25, 0.3) is 5.52 Å². The highest BCUT2D eigenvalue weighted by molar-refractivity contribution is 5.57. The second-order valence-electron chi connectivity index (χ2n) is 4.26. The van der Waals surface area contributed by atoms with E-state index in [1.807, 2.05) is 42.2 Å². The maximum absolute atomic E-state index is 4.39. The van der Waals surface area contributed by atoms with E-state index >= 15 is 0 Å². The Hall–Kier alpha value is -2.13. The van der Waals surface area contributed by atoms with Crippen molar-refractivity contribution >= 4 is 5.52 Å². The van der Waals surface area contributed by atoms with Gasteiger partial charge in [-0.05, 0) is 24.7 Å². The Kier molecular flexibility index (Phi) is 2.82. The molecule has 0 saturated heterocycles. The first kappa shape index (κ1) is 11.0. The van der Waals surface area contributed by atoms with Crippen molar-refractivity contribution < 1.29 is 0 Å². The molecular formula is C15H15N3. The van der Waals surface area contributed by atoms with Gasteiger partial charge >= 0.3 is 0 Å². The van der Waals surface area contributed by atoms with Crippen molar-refractivity contribution in [2.75, 3.05) is 7.05 Å². The number of nitrogens with zero attached hydrogens (tertiary/aromatic N) is 2. The van der Waals surface area contributed by atoms with Crippen LogP contribution in [0.3, 0.4) is 0 Å². The Labute approximate surface area is 106 Å². The topological polar surface area (TPSA) is 29.3 Å². The largest absolute Gasteiger partial charge is 0.309 e. The average Bonchev–Trinajstić information content (AvgIpc) is 2.85. The van der Waals surface area contributed by atoms with Crippen LogP contribution in [0, 0.1) is 0 Å². The molecule has 0 aliphatic rings. The molecule has 0 aliphatic heterocycles. The third kappa shape index (κ3) is 1.79. The van der Waals surface area contributed by atoms with E-state index in [9.17, 15) is 0 Å². The highest BCUT2D eigenvalue weighted by Crippen LogP contribution is 2.24. The summed E-state index contributed by atoms with van der Waals surface area (Å²) in [6.45, 7) is 0. The van der Waals surface area contributed by atoms with Gasteiger partial charge in [-0.15, -0.1) is 0 Å². The lowest BCUT2D eigenvalue weighted by Gasteiger charge is -2.15. The molecule has 0 aliphatic carbocycles. The van der Waals surface area contributed by atoms with Crippen molar-refractivity contribution in [3.63, 3.8) is 0 Å². The Morgan fingerprint density at radius 1 is 1.06 bits per heavy atom. The van der Waals surface area contributed by atoms with Gasteiger partial charge in [0.1, 0.15) is 0 Å². The van der Waals surface area contributed by atoms with E-state index in [0.29, 0.717) is 0 Å². The quantitative estimate of drug-likeness (QED) is 0.758. The molecular weight excluding hydrogens is 222 g/mol. The highest BCUT2D eigenvalue weighted by atomic mass is 15.2. The van der Waals surface area contributed by atoms with Crippen LogP contribution in [-0.4, -0.2) is 16.7 Å². The molecule has 0 radical (unpaired) electrons. The Balaban J connectivity index is 2.12. The van der Waals surface area contributed by atoms with Crippen LogP contribution in [-0.2, 0) is 0 Å². The number of pyridine rings is 1. The normalized spacial score (nSPS) is 12.7. The van der Waals surface area contributed by atoms with Crippen molar-refractivity contribution in [3.05, 3.63) is 72.1 Å². The lowest BCUT2D eigenvalue weighted by atomic mass is 10.0. The summed E-state index contributed by atoms with van der Waals surface area (Å²) in [7, 11) is 1.98. The third-order valence-corrected chi connectivity index (χ3v) is 3.19. The molecule has 3 rings (SSSR count). The molecule has 3 nitrogen and oxygen atoms in total. The van der Waals surface area contributed by atoms with E-state index in [0.717, 1.165) is 5.52 Å². The van der Waals surface area contributed by atoms with Crippen LogP contribution in [0.2, 0.25) is 0 Å². The van der Waals surface area contributed by atoms with Crippen molar-refractivity contribution in [2.45, 2.75) is 6.04 Å². The molecule has 1 atom stereocenters. The molecule has 18 heavy (non-hydrogen) atoms. The van der Waals surface area contributed by atoms with Crippen LogP contribution in [0.1, 0.15) is 17.2 Å². The smallest absolute Gasteiger partial charge is 0.0712 e. The number of hydrogen-bond donors (Lipinski definition) is 1. The number of aromatic nitrogens is 2. The van der Waals surface area contributed by atoms with Crippen LogP contribution >= 0.6 is 0 Å². The number of rotatable bonds is 3. The summed E-state index contributed by atoms with van der Waals surface area (Å²) in [6.07, 6.45) is 3.90. The van der Waals surface area contributed by atoms with E-state index in [1.54, 1.807) is 0 Å². The van der Waals surface area contributed by atoms with E-state index in [1.165, 1.54) is 11.1 Å². The van der Waals surface area contributed by atoms with Gasteiger partial charge in [0.25, 0.3) is 0 Å². The number of hydrogen-bond acceptors (Lipinski definition) is 2. The van der Waals surface area contributed by atoms with Crippen molar-refractivity contribution in [2.24, 2.45) is 0 Å². The predicted molar refractivity (Wildman–Crippen MR) is 72.5 cm³/mol. The van der Waals surface area contributed by atoms with Gasteiger partial charge in [-0.25, -0.2) is 4.52 Å². The second-order valence-corrected chi connectivity index (χ2v) is 4.26. The summed E-state index contributed by atoms with van der Waals surface area (Å²) in [4.78, 5) is 0. The summed E-state index contributed by atoms with van der Waals surface area (Å²) in [5, 5.41) is 7.75. The molecule has 1 unspecified atom stereocenters. The molecule has 0 amide bonds. The van der Waals surface area contributed by atoms with Gasteiger partial charge in [0.15, 0.2) is 0 Å². The first-order chi connectivity index (χ1) is 8.90. The Morgan fingerprint density at radius 3 is 2.61 bits per heavy atom. The molecule has 0 fully saturated rings. The summed E-state index contributed by atoms with van der Waals surface area (Å²) >= 11 is 0. The lowest BCUT2D eigenvalue weighted by Crippen LogP contribution is -2.17. The molecule has 2 heterocycles. The molecule has 2 aromatic heterocycles. The molecule has 90 valence electrons. The second kappa shape index (κ2) is 4.63.